The highest BCUT2D eigenvalue weighted by molar-refractivity contribution is 7.13. The molecule has 2 amide bonds. The largest absolute Gasteiger partial charge is 0.461 e. The fraction of sp³-hybridized carbons (Fsp3) is 0.440. The van der Waals surface area contributed by atoms with Gasteiger partial charge >= 0.3 is 5.97 Å². The Hall–Kier alpha value is -3.71. The number of ketones is 1. The topological polar surface area (TPSA) is 141 Å². The van der Waals surface area contributed by atoms with Gasteiger partial charge in [0.1, 0.15) is 10.4 Å². The predicted molar refractivity (Wildman–Crippen MR) is 131 cm³/mol. The third kappa shape index (κ3) is 3.41. The van der Waals surface area contributed by atoms with Crippen molar-refractivity contribution in [3.05, 3.63) is 28.5 Å². The molecular formula is C25H23FN4O7S. The SMILES string of the molecule is CCOC(=O)c1csc(-c2noc3c(F)c4c(cc23)CC2(C(=O)CC(=O)NC2=O)[C@H]2[C@H](C)O[C@H](C)CN42)n1. The van der Waals surface area contributed by atoms with Gasteiger partial charge in [-0.15, -0.1) is 11.3 Å². The fourth-order valence-corrected chi connectivity index (χ4v) is 6.76. The Morgan fingerprint density at radius 1 is 1.34 bits per heavy atom. The lowest BCUT2D eigenvalue weighted by Gasteiger charge is -2.55. The van der Waals surface area contributed by atoms with E-state index in [2.05, 4.69) is 15.5 Å². The summed E-state index contributed by atoms with van der Waals surface area (Å²) in [7, 11) is 0. The summed E-state index contributed by atoms with van der Waals surface area (Å²) in [5, 5.41) is 8.48. The number of amides is 2. The Bertz CT molecular complexity index is 1510. The number of ether oxygens (including phenoxy) is 2. The first-order valence-corrected chi connectivity index (χ1v) is 13.1. The van der Waals surface area contributed by atoms with Gasteiger partial charge in [-0.25, -0.2) is 14.2 Å². The summed E-state index contributed by atoms with van der Waals surface area (Å²) in [6.45, 7) is 5.66. The first kappa shape index (κ1) is 24.6. The number of nitrogens with one attached hydrogen (secondary N) is 1. The second-order valence-electron chi connectivity index (χ2n) is 9.74. The maximum atomic E-state index is 16.2. The summed E-state index contributed by atoms with van der Waals surface area (Å²) in [5.41, 5.74) is -0.831. The van der Waals surface area contributed by atoms with Gasteiger partial charge in [-0.2, -0.15) is 0 Å². The Labute approximate surface area is 219 Å². The molecule has 1 spiro atoms. The van der Waals surface area contributed by atoms with E-state index in [-0.39, 0.29) is 53.7 Å². The Morgan fingerprint density at radius 3 is 2.87 bits per heavy atom. The van der Waals surface area contributed by atoms with E-state index >= 15 is 4.39 Å². The third-order valence-corrected chi connectivity index (χ3v) is 8.22. The predicted octanol–water partition coefficient (Wildman–Crippen LogP) is 2.41. The standard InChI is InChI=1S/C25H23FN4O7S/c1-4-35-23(33)14-9-38-22(27-14)18-13-5-12-7-25(15(31)6-16(32)28-24(25)34)21-11(3)36-10(2)8-30(21)19(12)17(26)20(13)37-29-18/h5,9-11,21H,4,6-8H2,1-3H3,(H,28,32,34)/t10-,11+,21-,25?/m1/s1. The summed E-state index contributed by atoms with van der Waals surface area (Å²) >= 11 is 1.12. The number of esters is 1. The normalized spacial score (nSPS) is 26.9. The van der Waals surface area contributed by atoms with Gasteiger partial charge in [0, 0.05) is 11.9 Å². The van der Waals surface area contributed by atoms with Crippen LogP contribution >= 0.6 is 11.3 Å². The van der Waals surface area contributed by atoms with Gasteiger partial charge in [0.15, 0.2) is 23.0 Å². The van der Waals surface area contributed by atoms with Gasteiger partial charge in [0.25, 0.3) is 0 Å². The number of halogens is 1. The van der Waals surface area contributed by atoms with Crippen LogP contribution in [0.4, 0.5) is 10.1 Å². The number of hydrogen-bond donors (Lipinski definition) is 1. The molecule has 0 saturated carbocycles. The number of carbonyl (C=O) groups excluding carboxylic acids is 4. The van der Waals surface area contributed by atoms with E-state index in [9.17, 15) is 19.2 Å². The Balaban J connectivity index is 1.53. The summed E-state index contributed by atoms with van der Waals surface area (Å²) in [5.74, 6) is -3.17. The number of fused-ring (bicyclic) bond motifs is 5. The van der Waals surface area contributed by atoms with Crippen molar-refractivity contribution in [2.45, 2.75) is 51.9 Å². The van der Waals surface area contributed by atoms with Gasteiger partial charge in [-0.05, 0) is 38.8 Å². The molecule has 1 unspecified atom stereocenters. The van der Waals surface area contributed by atoms with E-state index in [1.807, 2.05) is 6.92 Å². The van der Waals surface area contributed by atoms with Crippen molar-refractivity contribution in [1.29, 1.82) is 0 Å². The van der Waals surface area contributed by atoms with Crippen molar-refractivity contribution in [3.63, 3.8) is 0 Å². The fourth-order valence-electron chi connectivity index (χ4n) is 5.98. The minimum atomic E-state index is -1.64. The smallest absolute Gasteiger partial charge is 0.357 e. The van der Waals surface area contributed by atoms with Crippen LogP contribution < -0.4 is 10.2 Å². The molecule has 3 aliphatic rings. The lowest BCUT2D eigenvalue weighted by Crippen LogP contribution is -2.72. The number of hydrogen-bond acceptors (Lipinski definition) is 11. The Morgan fingerprint density at radius 2 is 2.13 bits per heavy atom. The van der Waals surface area contributed by atoms with Crippen LogP contribution in [0.5, 0.6) is 0 Å². The van der Waals surface area contributed by atoms with E-state index in [4.69, 9.17) is 14.0 Å². The maximum Gasteiger partial charge on any atom is 0.357 e. The molecule has 0 aliphatic carbocycles. The highest BCUT2D eigenvalue weighted by Crippen LogP contribution is 2.50. The number of anilines is 1. The van der Waals surface area contributed by atoms with Crippen molar-refractivity contribution >= 4 is 51.6 Å². The van der Waals surface area contributed by atoms with Gasteiger partial charge < -0.3 is 18.9 Å². The van der Waals surface area contributed by atoms with Crippen LogP contribution in [0.15, 0.2) is 16.0 Å². The van der Waals surface area contributed by atoms with Crippen molar-refractivity contribution in [2.24, 2.45) is 5.41 Å². The zero-order chi connectivity index (χ0) is 26.9. The Kier molecular flexibility index (Phi) is 5.61. The molecule has 13 heteroatoms. The van der Waals surface area contributed by atoms with Crippen molar-refractivity contribution in [1.82, 2.24) is 15.5 Å². The molecular weight excluding hydrogens is 519 g/mol. The van der Waals surface area contributed by atoms with Gasteiger partial charge in [0.05, 0.1) is 42.4 Å². The van der Waals surface area contributed by atoms with Gasteiger partial charge in [-0.3, -0.25) is 19.7 Å². The molecule has 6 rings (SSSR count). The van der Waals surface area contributed by atoms with Crippen LogP contribution in [0.25, 0.3) is 21.7 Å². The quantitative estimate of drug-likeness (QED) is 0.298. The minimum absolute atomic E-state index is 0.0914. The number of thiazole rings is 1. The average Bonchev–Trinajstić information content (AvgIpc) is 3.49. The molecule has 0 bridgehead atoms. The molecule has 0 radical (unpaired) electrons. The van der Waals surface area contributed by atoms with Crippen LogP contribution in [0.2, 0.25) is 0 Å². The lowest BCUT2D eigenvalue weighted by molar-refractivity contribution is -0.158. The summed E-state index contributed by atoms with van der Waals surface area (Å²) < 4.78 is 32.6. The molecule has 4 atom stereocenters. The molecule has 2 fully saturated rings. The van der Waals surface area contributed by atoms with Crippen LogP contribution in [0, 0.1) is 11.2 Å². The zero-order valence-electron chi connectivity index (χ0n) is 20.7. The number of piperidine rings is 1. The summed E-state index contributed by atoms with van der Waals surface area (Å²) in [6.07, 6.45) is -1.50. The van der Waals surface area contributed by atoms with E-state index in [1.54, 1.807) is 24.8 Å². The molecule has 2 saturated heterocycles. The summed E-state index contributed by atoms with van der Waals surface area (Å²) in [4.78, 5) is 56.9. The van der Waals surface area contributed by atoms with E-state index in [0.29, 0.717) is 10.6 Å². The number of imide groups is 1. The van der Waals surface area contributed by atoms with Crippen molar-refractivity contribution in [2.75, 3.05) is 18.1 Å². The first-order chi connectivity index (χ1) is 18.1. The van der Waals surface area contributed by atoms with E-state index in [0.717, 1.165) is 11.3 Å². The molecule has 11 nitrogen and oxygen atoms in total. The lowest BCUT2D eigenvalue weighted by atomic mass is 9.63. The van der Waals surface area contributed by atoms with Crippen LogP contribution in [0.1, 0.15) is 43.2 Å². The summed E-state index contributed by atoms with van der Waals surface area (Å²) in [6, 6.07) is 0.817. The third-order valence-electron chi connectivity index (χ3n) is 7.37. The number of aromatic nitrogens is 2. The molecule has 198 valence electrons. The minimum Gasteiger partial charge on any atom is -0.461 e. The number of Topliss-reactive ketones (excluding diaryl/α,β-unsaturated/α-hetero) is 1. The highest BCUT2D eigenvalue weighted by Gasteiger charge is 2.62. The maximum absolute atomic E-state index is 16.2. The number of carbonyl (C=O) groups is 4. The van der Waals surface area contributed by atoms with Crippen LogP contribution in [-0.2, 0) is 30.3 Å². The number of benzene rings is 1. The van der Waals surface area contributed by atoms with Gasteiger partial charge in [0.2, 0.25) is 17.4 Å². The second-order valence-corrected chi connectivity index (χ2v) is 10.6. The van der Waals surface area contributed by atoms with Crippen molar-refractivity contribution < 1.29 is 37.6 Å². The van der Waals surface area contributed by atoms with Crippen molar-refractivity contribution in [3.8, 4) is 10.7 Å². The average molecular weight is 543 g/mol. The molecule has 1 aromatic carbocycles. The van der Waals surface area contributed by atoms with E-state index < -0.39 is 53.4 Å². The monoisotopic (exact) mass is 542 g/mol. The first-order valence-electron chi connectivity index (χ1n) is 12.2. The second kappa shape index (κ2) is 8.67. The van der Waals surface area contributed by atoms with Gasteiger partial charge in [-0.1, -0.05) is 5.16 Å². The number of morpholine rings is 1. The van der Waals surface area contributed by atoms with Crippen LogP contribution in [0.3, 0.4) is 0 Å². The number of rotatable bonds is 3. The molecule has 2 aromatic heterocycles. The zero-order valence-corrected chi connectivity index (χ0v) is 21.5. The molecule has 5 heterocycles. The van der Waals surface area contributed by atoms with E-state index in [1.165, 1.54) is 5.38 Å². The molecule has 3 aromatic rings. The highest BCUT2D eigenvalue weighted by atomic mass is 32.1. The van der Waals surface area contributed by atoms with Crippen LogP contribution in [-0.4, -0.2) is 65.1 Å². The number of nitrogens with zero attached hydrogens (tertiary/aromatic N) is 3. The molecule has 3 aliphatic heterocycles. The molecule has 1 N–H and O–H groups in total. The molecule has 38 heavy (non-hydrogen) atoms.